The molecule has 0 radical (unpaired) electrons. The van der Waals surface area contributed by atoms with E-state index in [9.17, 15) is 18.0 Å². The molecule has 0 unspecified atom stereocenters. The molecule has 1 heterocycles. The number of benzene rings is 2. The van der Waals surface area contributed by atoms with Gasteiger partial charge in [0, 0.05) is 12.6 Å². The lowest BCUT2D eigenvalue weighted by Gasteiger charge is -2.42. The Hall–Kier alpha value is -2.91. The summed E-state index contributed by atoms with van der Waals surface area (Å²) >= 11 is 0. The van der Waals surface area contributed by atoms with Crippen LogP contribution < -0.4 is 14.8 Å². The number of carbonyl (C=O) groups excluding carboxylic acids is 2. The van der Waals surface area contributed by atoms with Crippen LogP contribution in [-0.2, 0) is 26.9 Å². The molecule has 1 aliphatic heterocycles. The minimum atomic E-state index is -3.75. The van der Waals surface area contributed by atoms with E-state index in [-0.39, 0.29) is 23.5 Å². The highest BCUT2D eigenvalue weighted by atomic mass is 32.2. The first-order valence-electron chi connectivity index (χ1n) is 11.8. The second kappa shape index (κ2) is 9.03. The fourth-order valence-corrected chi connectivity index (χ4v) is 6.45. The van der Waals surface area contributed by atoms with Gasteiger partial charge in [-0.3, -0.25) is 10.1 Å². The van der Waals surface area contributed by atoms with Crippen LogP contribution >= 0.6 is 0 Å². The van der Waals surface area contributed by atoms with Crippen molar-refractivity contribution in [2.24, 2.45) is 0 Å². The summed E-state index contributed by atoms with van der Waals surface area (Å²) in [5.74, 6) is 0.286. The van der Waals surface area contributed by atoms with Gasteiger partial charge in [-0.05, 0) is 68.2 Å². The van der Waals surface area contributed by atoms with Crippen LogP contribution in [-0.4, -0.2) is 37.9 Å². The van der Waals surface area contributed by atoms with E-state index in [1.807, 2.05) is 30.3 Å². The van der Waals surface area contributed by atoms with Crippen LogP contribution in [0.25, 0.3) is 0 Å². The van der Waals surface area contributed by atoms with E-state index in [1.54, 1.807) is 18.2 Å². The highest BCUT2D eigenvalue weighted by Crippen LogP contribution is 2.42. The molecule has 1 saturated heterocycles. The Kier molecular flexibility index (Phi) is 6.07. The molecule has 0 atom stereocenters. The van der Waals surface area contributed by atoms with Gasteiger partial charge in [-0.15, -0.1) is 0 Å². The number of ether oxygens (including phenoxy) is 1. The minimum Gasteiger partial charge on any atom is -0.490 e. The molecule has 2 N–H and O–H groups in total. The number of nitrogens with zero attached hydrogens (tertiary/aromatic N) is 1. The van der Waals surface area contributed by atoms with Gasteiger partial charge in [-0.2, -0.15) is 0 Å². The lowest BCUT2D eigenvalue weighted by molar-refractivity contribution is -0.118. The van der Waals surface area contributed by atoms with Crippen LogP contribution in [0.5, 0.6) is 5.75 Å². The van der Waals surface area contributed by atoms with Crippen molar-refractivity contribution in [3.63, 3.8) is 0 Å². The van der Waals surface area contributed by atoms with Gasteiger partial charge in [0.25, 0.3) is 0 Å². The summed E-state index contributed by atoms with van der Waals surface area (Å²) in [6.07, 6.45) is 6.83. The number of carbonyl (C=O) groups is 2. The van der Waals surface area contributed by atoms with Crippen molar-refractivity contribution in [2.45, 2.75) is 68.0 Å². The standard InChI is InChI=1S/C25H29N3O5S/c29-23-17-28(24(30)26-23)16-18-9-11-19(12-10-18)25(13-4-14-25)27-34(31,32)22-8-3-7-21(15-22)33-20-5-1-2-6-20/h3,7-12,15,20,27H,1-2,4-6,13-14,16-17H2,(H,26,29,30). The zero-order valence-corrected chi connectivity index (χ0v) is 19.8. The summed E-state index contributed by atoms with van der Waals surface area (Å²) in [5, 5.41) is 2.27. The molecule has 0 spiro atoms. The quantitative estimate of drug-likeness (QED) is 0.560. The molecule has 2 aromatic rings. The molecule has 2 aliphatic carbocycles. The zero-order valence-electron chi connectivity index (χ0n) is 19.0. The van der Waals surface area contributed by atoms with Crippen molar-refractivity contribution < 1.29 is 22.7 Å². The lowest BCUT2D eigenvalue weighted by Crippen LogP contribution is -2.50. The molecule has 0 bridgehead atoms. The van der Waals surface area contributed by atoms with E-state index in [2.05, 4.69) is 10.0 Å². The molecule has 3 aliphatic rings. The summed E-state index contributed by atoms with van der Waals surface area (Å²) < 4.78 is 35.6. The van der Waals surface area contributed by atoms with E-state index in [0.29, 0.717) is 25.1 Å². The third kappa shape index (κ3) is 4.67. The van der Waals surface area contributed by atoms with E-state index < -0.39 is 21.6 Å². The molecule has 0 aromatic heterocycles. The highest BCUT2D eigenvalue weighted by molar-refractivity contribution is 7.89. The third-order valence-electron chi connectivity index (χ3n) is 7.01. The molecule has 3 fully saturated rings. The Bertz CT molecular complexity index is 1190. The van der Waals surface area contributed by atoms with Crippen molar-refractivity contribution in [1.82, 2.24) is 14.9 Å². The second-order valence-electron chi connectivity index (χ2n) is 9.45. The first-order valence-corrected chi connectivity index (χ1v) is 13.3. The molecule has 34 heavy (non-hydrogen) atoms. The topological polar surface area (TPSA) is 105 Å². The van der Waals surface area contributed by atoms with Crippen LogP contribution in [0.15, 0.2) is 53.4 Å². The molecule has 9 heteroatoms. The Morgan fingerprint density at radius 1 is 1.03 bits per heavy atom. The monoisotopic (exact) mass is 483 g/mol. The lowest BCUT2D eigenvalue weighted by atomic mass is 9.72. The van der Waals surface area contributed by atoms with Crippen LogP contribution in [0.4, 0.5) is 4.79 Å². The van der Waals surface area contributed by atoms with E-state index >= 15 is 0 Å². The van der Waals surface area contributed by atoms with Crippen molar-refractivity contribution in [2.75, 3.05) is 6.54 Å². The predicted molar refractivity (Wildman–Crippen MR) is 126 cm³/mol. The Labute approximate surface area is 199 Å². The fourth-order valence-electron chi connectivity index (χ4n) is 4.97. The van der Waals surface area contributed by atoms with Crippen molar-refractivity contribution in [1.29, 1.82) is 0 Å². The normalized spacial score (nSPS) is 20.3. The molecule has 2 aromatic carbocycles. The summed E-state index contributed by atoms with van der Waals surface area (Å²) in [7, 11) is -3.75. The fraction of sp³-hybridized carbons (Fsp3) is 0.440. The van der Waals surface area contributed by atoms with E-state index in [1.165, 1.54) is 4.90 Å². The van der Waals surface area contributed by atoms with E-state index in [0.717, 1.165) is 43.2 Å². The number of amides is 3. The largest absolute Gasteiger partial charge is 0.490 e. The van der Waals surface area contributed by atoms with Gasteiger partial charge >= 0.3 is 6.03 Å². The van der Waals surface area contributed by atoms with Crippen LogP contribution in [0.3, 0.4) is 0 Å². The average Bonchev–Trinajstić information content (AvgIpc) is 3.40. The number of hydrogen-bond acceptors (Lipinski definition) is 5. The second-order valence-corrected chi connectivity index (χ2v) is 11.1. The maximum Gasteiger partial charge on any atom is 0.324 e. The van der Waals surface area contributed by atoms with Crippen LogP contribution in [0.1, 0.15) is 56.1 Å². The van der Waals surface area contributed by atoms with E-state index in [4.69, 9.17) is 4.74 Å². The van der Waals surface area contributed by atoms with Gasteiger partial charge in [0.15, 0.2) is 0 Å². The SMILES string of the molecule is O=C1CN(Cc2ccc(C3(NS(=O)(=O)c4cccc(OC5CCCC5)c4)CCC3)cc2)C(=O)N1. The summed E-state index contributed by atoms with van der Waals surface area (Å²) in [6, 6.07) is 13.9. The van der Waals surface area contributed by atoms with Gasteiger partial charge in [0.1, 0.15) is 12.3 Å². The summed E-state index contributed by atoms with van der Waals surface area (Å²) in [6.45, 7) is 0.373. The van der Waals surface area contributed by atoms with Gasteiger partial charge in [-0.25, -0.2) is 17.9 Å². The first kappa shape index (κ1) is 22.9. The Balaban J connectivity index is 1.30. The van der Waals surface area contributed by atoms with Crippen molar-refractivity contribution in [3.05, 3.63) is 59.7 Å². The smallest absolute Gasteiger partial charge is 0.324 e. The first-order chi connectivity index (χ1) is 16.3. The summed E-state index contributed by atoms with van der Waals surface area (Å²) in [5.41, 5.74) is 1.12. The van der Waals surface area contributed by atoms with Gasteiger partial charge in [0.05, 0.1) is 16.5 Å². The average molecular weight is 484 g/mol. The zero-order chi connectivity index (χ0) is 23.8. The molecular formula is C25H29N3O5S. The maximum absolute atomic E-state index is 13.3. The van der Waals surface area contributed by atoms with Crippen molar-refractivity contribution >= 4 is 22.0 Å². The highest BCUT2D eigenvalue weighted by Gasteiger charge is 2.42. The molecule has 2 saturated carbocycles. The molecule has 3 amide bonds. The van der Waals surface area contributed by atoms with Gasteiger partial charge < -0.3 is 9.64 Å². The molecule has 8 nitrogen and oxygen atoms in total. The minimum absolute atomic E-state index is 0.0495. The Morgan fingerprint density at radius 2 is 1.76 bits per heavy atom. The van der Waals surface area contributed by atoms with Crippen LogP contribution in [0, 0.1) is 0 Å². The van der Waals surface area contributed by atoms with Crippen molar-refractivity contribution in [3.8, 4) is 5.75 Å². The maximum atomic E-state index is 13.3. The molecule has 5 rings (SSSR count). The van der Waals surface area contributed by atoms with Gasteiger partial charge in [-0.1, -0.05) is 30.3 Å². The molecular weight excluding hydrogens is 454 g/mol. The van der Waals surface area contributed by atoms with Gasteiger partial charge in [0.2, 0.25) is 15.9 Å². The summed E-state index contributed by atoms with van der Waals surface area (Å²) in [4.78, 5) is 24.8. The Morgan fingerprint density at radius 3 is 2.38 bits per heavy atom. The number of rotatable bonds is 8. The number of sulfonamides is 1. The number of hydrogen-bond donors (Lipinski definition) is 2. The van der Waals surface area contributed by atoms with Crippen LogP contribution in [0.2, 0.25) is 0 Å². The number of imide groups is 1. The number of urea groups is 1. The predicted octanol–water partition coefficient (Wildman–Crippen LogP) is 3.42. The third-order valence-corrected chi connectivity index (χ3v) is 8.54. The number of nitrogens with one attached hydrogen (secondary N) is 2. The molecule has 180 valence electrons.